The van der Waals surface area contributed by atoms with Crippen LogP contribution in [-0.2, 0) is 17.9 Å². The third kappa shape index (κ3) is 5.65. The lowest BCUT2D eigenvalue weighted by Crippen LogP contribution is -2.37. The number of hydrogen-bond acceptors (Lipinski definition) is 4. The van der Waals surface area contributed by atoms with Gasteiger partial charge >= 0.3 is 6.03 Å². The van der Waals surface area contributed by atoms with Crippen LogP contribution in [-0.4, -0.2) is 39.9 Å². The van der Waals surface area contributed by atoms with Crippen LogP contribution in [0, 0.1) is 5.92 Å². The van der Waals surface area contributed by atoms with E-state index in [1.807, 2.05) is 59.6 Å². The average molecular weight is 473 g/mol. The molecular weight excluding hydrogens is 440 g/mol. The molecule has 1 fully saturated rings. The molecule has 0 spiro atoms. The number of imidazole rings is 1. The molecule has 35 heavy (non-hydrogen) atoms. The molecule has 0 radical (unpaired) electrons. The molecular formula is C27H32N6O2. The first-order valence-electron chi connectivity index (χ1n) is 12.4. The van der Waals surface area contributed by atoms with E-state index in [4.69, 9.17) is 0 Å². The number of anilines is 3. The molecule has 1 aromatic heterocycles. The largest absolute Gasteiger partial charge is 0.364 e. The number of para-hydroxylation sites is 1. The predicted molar refractivity (Wildman–Crippen MR) is 137 cm³/mol. The minimum atomic E-state index is -0.125. The van der Waals surface area contributed by atoms with E-state index in [9.17, 15) is 9.59 Å². The summed E-state index contributed by atoms with van der Waals surface area (Å²) in [6.07, 6.45) is 8.90. The van der Waals surface area contributed by atoms with Crippen LogP contribution in [0.5, 0.6) is 0 Å². The van der Waals surface area contributed by atoms with Crippen molar-refractivity contribution >= 4 is 29.0 Å². The van der Waals surface area contributed by atoms with Crippen LogP contribution in [0.2, 0.25) is 0 Å². The van der Waals surface area contributed by atoms with E-state index in [2.05, 4.69) is 25.5 Å². The van der Waals surface area contributed by atoms with Crippen molar-refractivity contribution < 1.29 is 9.59 Å². The maximum absolute atomic E-state index is 13.1. The standard InChI is InChI=1S/C27H32N6O2/c34-26(20-7-3-1-4-8-20)30-23-12-11-21-17-33(27(35)31-22-9-5-2-6-10-22)14-13-32(25(21)15-23)18-24-16-28-19-29-24/h2,5-6,9-12,15-16,19-20H,1,3-4,7-8,13-14,17-18H2,(H,28,29)(H,30,34)(H,31,35). The summed E-state index contributed by atoms with van der Waals surface area (Å²) in [5.41, 5.74) is 4.64. The summed E-state index contributed by atoms with van der Waals surface area (Å²) in [4.78, 5) is 37.3. The Kier molecular flexibility index (Phi) is 6.97. The van der Waals surface area contributed by atoms with Crippen LogP contribution in [0.4, 0.5) is 21.9 Å². The zero-order chi connectivity index (χ0) is 24.0. The number of nitrogens with one attached hydrogen (secondary N) is 3. The van der Waals surface area contributed by atoms with Crippen molar-refractivity contribution in [2.75, 3.05) is 28.6 Å². The van der Waals surface area contributed by atoms with Gasteiger partial charge in [0.2, 0.25) is 5.91 Å². The first-order chi connectivity index (χ1) is 17.2. The molecule has 0 unspecified atom stereocenters. The highest BCUT2D eigenvalue weighted by Gasteiger charge is 2.25. The lowest BCUT2D eigenvalue weighted by Gasteiger charge is -2.25. The van der Waals surface area contributed by atoms with Crippen LogP contribution in [0.25, 0.3) is 0 Å². The molecule has 1 saturated carbocycles. The van der Waals surface area contributed by atoms with E-state index < -0.39 is 0 Å². The molecule has 3 amide bonds. The SMILES string of the molecule is O=C(Nc1ccc2c(c1)N(Cc1cnc[nH]1)CCN(C(=O)Nc1ccccc1)C2)C1CCCCC1. The number of benzene rings is 2. The van der Waals surface area contributed by atoms with Gasteiger partial charge in [-0.3, -0.25) is 4.79 Å². The van der Waals surface area contributed by atoms with Gasteiger partial charge < -0.3 is 25.4 Å². The molecule has 3 aromatic rings. The van der Waals surface area contributed by atoms with E-state index >= 15 is 0 Å². The van der Waals surface area contributed by atoms with Crippen LogP contribution in [0.1, 0.15) is 43.4 Å². The molecule has 0 atom stereocenters. The van der Waals surface area contributed by atoms with Gasteiger partial charge in [0.25, 0.3) is 0 Å². The molecule has 2 aliphatic rings. The Balaban J connectivity index is 1.37. The van der Waals surface area contributed by atoms with Gasteiger partial charge in [0.05, 0.1) is 18.6 Å². The Hall–Kier alpha value is -3.81. The second kappa shape index (κ2) is 10.6. The number of fused-ring (bicyclic) bond motifs is 1. The molecule has 3 N–H and O–H groups in total. The van der Waals surface area contributed by atoms with E-state index in [-0.39, 0.29) is 17.9 Å². The Morgan fingerprint density at radius 2 is 1.80 bits per heavy atom. The highest BCUT2D eigenvalue weighted by Crippen LogP contribution is 2.31. The molecule has 0 bridgehead atoms. The second-order valence-corrected chi connectivity index (χ2v) is 9.38. The Morgan fingerprint density at radius 1 is 0.971 bits per heavy atom. The molecule has 5 rings (SSSR count). The second-order valence-electron chi connectivity index (χ2n) is 9.38. The normalized spacial score (nSPS) is 16.3. The fourth-order valence-electron chi connectivity index (χ4n) is 4.96. The van der Waals surface area contributed by atoms with Gasteiger partial charge in [0, 0.05) is 48.8 Å². The van der Waals surface area contributed by atoms with Crippen molar-refractivity contribution in [1.29, 1.82) is 0 Å². The van der Waals surface area contributed by atoms with Crippen molar-refractivity contribution in [1.82, 2.24) is 14.9 Å². The van der Waals surface area contributed by atoms with E-state index in [1.54, 1.807) is 6.33 Å². The van der Waals surface area contributed by atoms with Crippen molar-refractivity contribution in [2.24, 2.45) is 5.92 Å². The number of hydrogen-bond donors (Lipinski definition) is 3. The average Bonchev–Trinajstić information content (AvgIpc) is 3.33. The molecule has 8 heteroatoms. The Bertz CT molecular complexity index is 1140. The maximum atomic E-state index is 13.1. The first-order valence-corrected chi connectivity index (χ1v) is 12.4. The van der Waals surface area contributed by atoms with Gasteiger partial charge in [-0.15, -0.1) is 0 Å². The Labute approximate surface area is 205 Å². The molecule has 2 heterocycles. The fraction of sp³-hybridized carbons (Fsp3) is 0.370. The first kappa shape index (κ1) is 23.0. The minimum Gasteiger partial charge on any atom is -0.364 e. The van der Waals surface area contributed by atoms with E-state index in [0.29, 0.717) is 26.2 Å². The summed E-state index contributed by atoms with van der Waals surface area (Å²) in [5.74, 6) is 0.211. The summed E-state index contributed by atoms with van der Waals surface area (Å²) in [5, 5.41) is 6.15. The zero-order valence-electron chi connectivity index (χ0n) is 19.9. The molecule has 8 nitrogen and oxygen atoms in total. The van der Waals surface area contributed by atoms with Gasteiger partial charge in [0.1, 0.15) is 0 Å². The Morgan fingerprint density at radius 3 is 2.57 bits per heavy atom. The smallest absolute Gasteiger partial charge is 0.322 e. The lowest BCUT2D eigenvalue weighted by atomic mass is 9.88. The summed E-state index contributed by atoms with van der Waals surface area (Å²) in [6.45, 7) is 2.37. The van der Waals surface area contributed by atoms with Gasteiger partial charge in [-0.25, -0.2) is 9.78 Å². The van der Waals surface area contributed by atoms with Gasteiger partial charge in [-0.2, -0.15) is 0 Å². The fourth-order valence-corrected chi connectivity index (χ4v) is 4.96. The monoisotopic (exact) mass is 472 g/mol. The quantitative estimate of drug-likeness (QED) is 0.488. The van der Waals surface area contributed by atoms with Crippen LogP contribution >= 0.6 is 0 Å². The molecule has 2 aromatic carbocycles. The molecule has 1 aliphatic carbocycles. The number of H-pyrrole nitrogens is 1. The third-order valence-corrected chi connectivity index (χ3v) is 6.90. The molecule has 182 valence electrons. The maximum Gasteiger partial charge on any atom is 0.322 e. The van der Waals surface area contributed by atoms with Gasteiger partial charge in [-0.05, 0) is 42.7 Å². The van der Waals surface area contributed by atoms with Crippen LogP contribution in [0.3, 0.4) is 0 Å². The summed E-state index contributed by atoms with van der Waals surface area (Å²) < 4.78 is 0. The number of rotatable bonds is 5. The van der Waals surface area contributed by atoms with Crippen LogP contribution in [0.15, 0.2) is 61.1 Å². The summed E-state index contributed by atoms with van der Waals surface area (Å²) >= 11 is 0. The number of aromatic amines is 1. The van der Waals surface area contributed by atoms with Gasteiger partial charge in [-0.1, -0.05) is 43.5 Å². The lowest BCUT2D eigenvalue weighted by molar-refractivity contribution is -0.120. The highest BCUT2D eigenvalue weighted by molar-refractivity contribution is 5.93. The number of carbonyl (C=O) groups excluding carboxylic acids is 2. The van der Waals surface area contributed by atoms with Crippen molar-refractivity contribution in [3.8, 4) is 0 Å². The number of carbonyl (C=O) groups is 2. The summed E-state index contributed by atoms with van der Waals surface area (Å²) in [7, 11) is 0. The van der Waals surface area contributed by atoms with Crippen LogP contribution < -0.4 is 15.5 Å². The van der Waals surface area contributed by atoms with Crippen molar-refractivity contribution in [3.63, 3.8) is 0 Å². The zero-order valence-corrected chi connectivity index (χ0v) is 19.9. The van der Waals surface area contributed by atoms with Crippen molar-refractivity contribution in [2.45, 2.75) is 45.2 Å². The molecule has 1 aliphatic heterocycles. The third-order valence-electron chi connectivity index (χ3n) is 6.90. The topological polar surface area (TPSA) is 93.4 Å². The van der Waals surface area contributed by atoms with Gasteiger partial charge in [0.15, 0.2) is 0 Å². The number of nitrogens with zero attached hydrogens (tertiary/aromatic N) is 3. The van der Waals surface area contributed by atoms with Crippen molar-refractivity contribution in [3.05, 3.63) is 72.3 Å². The van der Waals surface area contributed by atoms with E-state index in [0.717, 1.165) is 54.0 Å². The van der Waals surface area contributed by atoms with E-state index in [1.165, 1.54) is 6.42 Å². The minimum absolute atomic E-state index is 0.0980. The number of urea groups is 1. The molecule has 0 saturated heterocycles. The number of amides is 3. The highest BCUT2D eigenvalue weighted by atomic mass is 16.2. The summed E-state index contributed by atoms with van der Waals surface area (Å²) in [6, 6.07) is 15.4. The number of aromatic nitrogens is 2. The predicted octanol–water partition coefficient (Wildman–Crippen LogP) is 4.98.